The van der Waals surface area contributed by atoms with Crippen LogP contribution < -0.4 is 4.74 Å². The van der Waals surface area contributed by atoms with Crippen LogP contribution in [0.2, 0.25) is 0 Å². The van der Waals surface area contributed by atoms with Crippen LogP contribution in [-0.2, 0) is 4.79 Å². The molecule has 0 radical (unpaired) electrons. The summed E-state index contributed by atoms with van der Waals surface area (Å²) in [7, 11) is 1.57. The van der Waals surface area contributed by atoms with E-state index >= 15 is 0 Å². The molecule has 4 heteroatoms. The van der Waals surface area contributed by atoms with Gasteiger partial charge in [0.25, 0.3) is 0 Å². The number of carboxylic acid groups (broad SMARTS) is 1. The minimum Gasteiger partial charge on any atom is -0.497 e. The van der Waals surface area contributed by atoms with Crippen LogP contribution in [0.1, 0.15) is 11.6 Å². The van der Waals surface area contributed by atoms with Crippen LogP contribution in [0.4, 0.5) is 0 Å². The van der Waals surface area contributed by atoms with E-state index in [2.05, 4.69) is 13.2 Å². The van der Waals surface area contributed by atoms with Gasteiger partial charge in [0.05, 0.1) is 7.11 Å². The number of benzene rings is 1. The van der Waals surface area contributed by atoms with Gasteiger partial charge in [0.15, 0.2) is 0 Å². The Bertz CT molecular complexity index is 429. The van der Waals surface area contributed by atoms with Crippen molar-refractivity contribution in [3.05, 3.63) is 55.1 Å². The molecule has 0 amide bonds. The molecule has 0 aliphatic rings. The maximum atomic E-state index is 11.5. The van der Waals surface area contributed by atoms with Gasteiger partial charge < -0.3 is 9.84 Å². The largest absolute Gasteiger partial charge is 0.497 e. The average molecular weight is 261 g/mol. The van der Waals surface area contributed by atoms with Crippen LogP contribution >= 0.6 is 0 Å². The molecular weight excluding hydrogens is 242 g/mol. The lowest BCUT2D eigenvalue weighted by atomic mass is 10.0. The third-order valence-corrected chi connectivity index (χ3v) is 2.76. The van der Waals surface area contributed by atoms with Crippen molar-refractivity contribution in [1.82, 2.24) is 4.90 Å². The number of nitrogens with zero attached hydrogens (tertiary/aromatic N) is 1. The fourth-order valence-electron chi connectivity index (χ4n) is 1.91. The fraction of sp³-hybridized carbons (Fsp3) is 0.267. The SMILES string of the molecule is C=CCN(CC=C)C(C(=O)O)c1ccc(OC)cc1. The van der Waals surface area contributed by atoms with Crippen molar-refractivity contribution in [3.8, 4) is 5.75 Å². The van der Waals surface area contributed by atoms with E-state index in [9.17, 15) is 9.90 Å². The van der Waals surface area contributed by atoms with E-state index < -0.39 is 12.0 Å². The maximum absolute atomic E-state index is 11.5. The molecule has 1 aromatic carbocycles. The lowest BCUT2D eigenvalue weighted by Gasteiger charge is -2.26. The van der Waals surface area contributed by atoms with Crippen LogP contribution in [0.15, 0.2) is 49.6 Å². The first-order chi connectivity index (χ1) is 9.13. The van der Waals surface area contributed by atoms with Gasteiger partial charge in [-0.1, -0.05) is 24.3 Å². The highest BCUT2D eigenvalue weighted by Gasteiger charge is 2.25. The molecular formula is C15H19NO3. The Labute approximate surface area is 113 Å². The molecule has 102 valence electrons. The number of aliphatic carboxylic acids is 1. The zero-order valence-electron chi connectivity index (χ0n) is 11.1. The van der Waals surface area contributed by atoms with Gasteiger partial charge in [-0.25, -0.2) is 0 Å². The molecule has 0 saturated carbocycles. The lowest BCUT2D eigenvalue weighted by Crippen LogP contribution is -2.34. The average Bonchev–Trinajstić information content (AvgIpc) is 2.40. The monoisotopic (exact) mass is 261 g/mol. The lowest BCUT2D eigenvalue weighted by molar-refractivity contribution is -0.143. The second-order valence-corrected chi connectivity index (χ2v) is 4.05. The summed E-state index contributed by atoms with van der Waals surface area (Å²) in [6.45, 7) is 8.28. The molecule has 1 rings (SSSR count). The molecule has 0 aliphatic carbocycles. The van der Waals surface area contributed by atoms with Crippen LogP contribution in [0.25, 0.3) is 0 Å². The number of rotatable bonds is 8. The highest BCUT2D eigenvalue weighted by molar-refractivity contribution is 5.75. The fourth-order valence-corrected chi connectivity index (χ4v) is 1.91. The first kappa shape index (κ1) is 15.0. The normalized spacial score (nSPS) is 11.9. The topological polar surface area (TPSA) is 49.8 Å². The number of carbonyl (C=O) groups is 1. The van der Waals surface area contributed by atoms with Crippen molar-refractivity contribution in [2.24, 2.45) is 0 Å². The second-order valence-electron chi connectivity index (χ2n) is 4.05. The Hall–Kier alpha value is -2.07. The molecule has 0 bridgehead atoms. The third-order valence-electron chi connectivity index (χ3n) is 2.76. The summed E-state index contributed by atoms with van der Waals surface area (Å²) in [5.41, 5.74) is 0.706. The van der Waals surface area contributed by atoms with E-state index in [-0.39, 0.29) is 0 Å². The van der Waals surface area contributed by atoms with Gasteiger partial charge in [0.1, 0.15) is 11.8 Å². The number of carboxylic acids is 1. The van der Waals surface area contributed by atoms with Crippen molar-refractivity contribution >= 4 is 5.97 Å². The Morgan fingerprint density at radius 1 is 1.32 bits per heavy atom. The quantitative estimate of drug-likeness (QED) is 0.730. The van der Waals surface area contributed by atoms with Gasteiger partial charge in [0.2, 0.25) is 0 Å². The number of hydrogen-bond acceptors (Lipinski definition) is 3. The summed E-state index contributed by atoms with van der Waals surface area (Å²) in [4.78, 5) is 13.3. The van der Waals surface area contributed by atoms with E-state index in [1.165, 1.54) is 0 Å². The van der Waals surface area contributed by atoms with E-state index in [1.54, 1.807) is 48.4 Å². The Kier molecular flexibility index (Phi) is 5.82. The zero-order valence-corrected chi connectivity index (χ0v) is 11.1. The Morgan fingerprint density at radius 2 is 1.84 bits per heavy atom. The van der Waals surface area contributed by atoms with E-state index in [1.807, 2.05) is 0 Å². The summed E-state index contributed by atoms with van der Waals surface area (Å²) in [6.07, 6.45) is 3.37. The molecule has 0 spiro atoms. The van der Waals surface area contributed by atoms with Crippen molar-refractivity contribution in [3.63, 3.8) is 0 Å². The molecule has 0 fully saturated rings. The molecule has 19 heavy (non-hydrogen) atoms. The van der Waals surface area contributed by atoms with Gasteiger partial charge >= 0.3 is 5.97 Å². The second kappa shape index (κ2) is 7.38. The zero-order chi connectivity index (χ0) is 14.3. The Balaban J connectivity index is 3.05. The van der Waals surface area contributed by atoms with Gasteiger partial charge in [0, 0.05) is 13.1 Å². The minimum atomic E-state index is -0.895. The van der Waals surface area contributed by atoms with Crippen molar-refractivity contribution in [1.29, 1.82) is 0 Å². The summed E-state index contributed by atoms with van der Waals surface area (Å²) in [5.74, 6) is -0.194. The van der Waals surface area contributed by atoms with Crippen LogP contribution in [-0.4, -0.2) is 36.2 Å². The van der Waals surface area contributed by atoms with Crippen LogP contribution in [0, 0.1) is 0 Å². The predicted octanol–water partition coefficient (Wildman–Crippen LogP) is 2.49. The number of hydrogen-bond donors (Lipinski definition) is 1. The first-order valence-electron chi connectivity index (χ1n) is 5.96. The summed E-state index contributed by atoms with van der Waals surface area (Å²) < 4.78 is 5.07. The van der Waals surface area contributed by atoms with E-state index in [4.69, 9.17) is 4.74 Å². The molecule has 0 aromatic heterocycles. The molecule has 4 nitrogen and oxygen atoms in total. The molecule has 1 N–H and O–H groups in total. The molecule has 0 aliphatic heterocycles. The predicted molar refractivity (Wildman–Crippen MR) is 75.3 cm³/mol. The van der Waals surface area contributed by atoms with Gasteiger partial charge in [-0.05, 0) is 17.7 Å². The molecule has 1 aromatic rings. The molecule has 0 saturated heterocycles. The highest BCUT2D eigenvalue weighted by atomic mass is 16.5. The Morgan fingerprint density at radius 3 is 2.21 bits per heavy atom. The maximum Gasteiger partial charge on any atom is 0.325 e. The third kappa shape index (κ3) is 3.96. The smallest absolute Gasteiger partial charge is 0.325 e. The molecule has 1 atom stereocenters. The number of ether oxygens (including phenoxy) is 1. The van der Waals surface area contributed by atoms with Gasteiger partial charge in [-0.15, -0.1) is 13.2 Å². The van der Waals surface area contributed by atoms with Crippen molar-refractivity contribution in [2.45, 2.75) is 6.04 Å². The number of methoxy groups -OCH3 is 1. The van der Waals surface area contributed by atoms with Gasteiger partial charge in [-0.3, -0.25) is 9.69 Å². The highest BCUT2D eigenvalue weighted by Crippen LogP contribution is 2.23. The summed E-state index contributed by atoms with van der Waals surface area (Å²) in [5, 5.41) is 9.44. The molecule has 0 heterocycles. The van der Waals surface area contributed by atoms with E-state index in [0.717, 1.165) is 0 Å². The van der Waals surface area contributed by atoms with Crippen molar-refractivity contribution in [2.75, 3.05) is 20.2 Å². The standard InChI is InChI=1S/C15H19NO3/c1-4-10-16(11-5-2)14(15(17)18)12-6-8-13(19-3)9-7-12/h4-9,14H,1-2,10-11H2,3H3,(H,17,18). The van der Waals surface area contributed by atoms with Crippen LogP contribution in [0.5, 0.6) is 5.75 Å². The van der Waals surface area contributed by atoms with Crippen LogP contribution in [0.3, 0.4) is 0 Å². The molecule has 1 unspecified atom stereocenters. The summed E-state index contributed by atoms with van der Waals surface area (Å²) >= 11 is 0. The minimum absolute atomic E-state index is 0.481. The van der Waals surface area contributed by atoms with Gasteiger partial charge in [-0.2, -0.15) is 0 Å². The van der Waals surface area contributed by atoms with E-state index in [0.29, 0.717) is 24.4 Å². The summed E-state index contributed by atoms with van der Waals surface area (Å²) in [6, 6.07) is 6.31. The van der Waals surface area contributed by atoms with Crippen molar-refractivity contribution < 1.29 is 14.6 Å². The first-order valence-corrected chi connectivity index (χ1v) is 5.96.